The van der Waals surface area contributed by atoms with Crippen LogP contribution in [0.15, 0.2) is 28.7 Å². The molecule has 1 aromatic heterocycles. The van der Waals surface area contributed by atoms with Gasteiger partial charge in [-0.05, 0) is 48.1 Å². The second-order valence-electron chi connectivity index (χ2n) is 8.58. The first kappa shape index (κ1) is 28.2. The Kier molecular flexibility index (Phi) is 12.7. The van der Waals surface area contributed by atoms with Crippen LogP contribution in [0.4, 0.5) is 15.8 Å². The van der Waals surface area contributed by atoms with E-state index >= 15 is 0 Å². The average molecular weight is 494 g/mol. The first-order valence-electron chi connectivity index (χ1n) is 12.4. The third-order valence-corrected chi connectivity index (χ3v) is 5.68. The molecule has 0 spiro atoms. The third-order valence-electron chi connectivity index (χ3n) is 5.68. The van der Waals surface area contributed by atoms with Crippen molar-refractivity contribution in [1.82, 2.24) is 15.6 Å². The molecule has 10 nitrogen and oxygen atoms in total. The quantitative estimate of drug-likeness (QED) is 0.146. The van der Waals surface area contributed by atoms with Crippen LogP contribution in [0, 0.1) is 10.1 Å². The number of hydrogen-bond donors (Lipinski definition) is 3. The second-order valence-corrected chi connectivity index (χ2v) is 8.58. The summed E-state index contributed by atoms with van der Waals surface area (Å²) in [5.41, 5.74) is 0.805. The highest BCUT2D eigenvalue weighted by Gasteiger charge is 2.19. The Labute approximate surface area is 204 Å². The minimum Gasteiger partial charge on any atom is -0.394 e. The van der Waals surface area contributed by atoms with Crippen molar-refractivity contribution in [3.8, 4) is 0 Å². The molecule has 0 aliphatic rings. The number of halogens is 1. The number of carbonyl (C=O) groups excluding carboxylic acids is 1. The van der Waals surface area contributed by atoms with Crippen LogP contribution in [-0.2, 0) is 4.79 Å². The van der Waals surface area contributed by atoms with Crippen LogP contribution in [-0.4, -0.2) is 45.4 Å². The number of benzene rings is 1. The number of hydrogen-bond acceptors (Lipinski definition) is 8. The fourth-order valence-corrected chi connectivity index (χ4v) is 3.75. The highest BCUT2D eigenvalue weighted by atomic mass is 19.1. The van der Waals surface area contributed by atoms with Crippen LogP contribution < -0.4 is 10.6 Å². The number of aliphatic hydroxyl groups is 1. The summed E-state index contributed by atoms with van der Waals surface area (Å²) in [4.78, 5) is 22.6. The molecular weight excluding hydrogens is 457 g/mol. The van der Waals surface area contributed by atoms with Crippen molar-refractivity contribution in [2.75, 3.05) is 18.5 Å². The molecule has 0 saturated carbocycles. The maximum absolute atomic E-state index is 14.1. The van der Waals surface area contributed by atoms with Crippen LogP contribution in [0.5, 0.6) is 0 Å². The Morgan fingerprint density at radius 2 is 1.80 bits per heavy atom. The average Bonchev–Trinajstić information content (AvgIpc) is 3.33. The molecule has 1 aromatic carbocycles. The molecule has 0 unspecified atom stereocenters. The van der Waals surface area contributed by atoms with Gasteiger partial charge < -0.3 is 15.7 Å². The first-order chi connectivity index (χ1) is 17.0. The van der Waals surface area contributed by atoms with Crippen LogP contribution in [0.25, 0.3) is 11.0 Å². The fraction of sp³-hybridized carbons (Fsp3) is 0.625. The molecule has 0 radical (unpaired) electrons. The van der Waals surface area contributed by atoms with Crippen LogP contribution in [0.3, 0.4) is 0 Å². The van der Waals surface area contributed by atoms with Gasteiger partial charge in [0.2, 0.25) is 11.4 Å². The lowest BCUT2D eigenvalue weighted by molar-refractivity contribution is -0.383. The molecule has 194 valence electrons. The number of carbonyl (C=O) groups is 1. The summed E-state index contributed by atoms with van der Waals surface area (Å²) in [6.45, 7) is 2.38. The maximum Gasteiger partial charge on any atom is 0.300 e. The molecule has 2 aromatic rings. The van der Waals surface area contributed by atoms with Gasteiger partial charge in [-0.3, -0.25) is 14.9 Å². The molecule has 0 aliphatic heterocycles. The Balaban J connectivity index is 1.63. The van der Waals surface area contributed by atoms with E-state index in [2.05, 4.69) is 32.5 Å². The van der Waals surface area contributed by atoms with Crippen molar-refractivity contribution in [2.24, 2.45) is 0 Å². The summed E-state index contributed by atoms with van der Waals surface area (Å²) in [6.07, 6.45) is 10.5. The zero-order chi connectivity index (χ0) is 25.5. The van der Waals surface area contributed by atoms with Crippen LogP contribution >= 0.6 is 0 Å². The van der Waals surface area contributed by atoms with Crippen molar-refractivity contribution in [2.45, 2.75) is 83.6 Å². The van der Waals surface area contributed by atoms with E-state index in [9.17, 15) is 24.4 Å². The number of aliphatic hydroxyl groups excluding tert-OH is 1. The highest BCUT2D eigenvalue weighted by Crippen LogP contribution is 2.28. The van der Waals surface area contributed by atoms with E-state index in [1.54, 1.807) is 6.07 Å². The van der Waals surface area contributed by atoms with Gasteiger partial charge in [0.25, 0.3) is 0 Å². The van der Waals surface area contributed by atoms with E-state index in [4.69, 9.17) is 0 Å². The predicted octanol–water partition coefficient (Wildman–Crippen LogP) is 5.18. The lowest BCUT2D eigenvalue weighted by Gasteiger charge is -2.13. The lowest BCUT2D eigenvalue weighted by atomic mass is 10.1. The number of nitro benzene ring substituents is 1. The number of rotatable bonds is 18. The molecule has 1 amide bonds. The van der Waals surface area contributed by atoms with E-state index in [0.29, 0.717) is 30.6 Å². The van der Waals surface area contributed by atoms with E-state index < -0.39 is 11.0 Å². The molecule has 0 fully saturated rings. The summed E-state index contributed by atoms with van der Waals surface area (Å²) in [5, 5.41) is 33.6. The molecule has 0 aliphatic carbocycles. The molecule has 11 heteroatoms. The molecule has 1 heterocycles. The number of aromatic nitrogens is 2. The molecule has 35 heavy (non-hydrogen) atoms. The van der Waals surface area contributed by atoms with E-state index in [1.165, 1.54) is 31.4 Å². The molecule has 3 N–H and O–H groups in total. The first-order valence-corrected chi connectivity index (χ1v) is 12.4. The van der Waals surface area contributed by atoms with E-state index in [0.717, 1.165) is 32.1 Å². The van der Waals surface area contributed by atoms with Crippen LogP contribution in [0.1, 0.15) is 77.6 Å². The minimum atomic E-state index is -0.718. The highest BCUT2D eigenvalue weighted by molar-refractivity contribution is 5.93. The van der Waals surface area contributed by atoms with Crippen molar-refractivity contribution in [3.05, 3.63) is 34.1 Å². The van der Waals surface area contributed by atoms with E-state index in [-0.39, 0.29) is 36.0 Å². The number of anilines is 1. The zero-order valence-corrected chi connectivity index (χ0v) is 20.3. The topological polar surface area (TPSA) is 143 Å². The second kappa shape index (κ2) is 15.8. The number of amides is 1. The summed E-state index contributed by atoms with van der Waals surface area (Å²) >= 11 is 0. The molecular formula is C24H36FN5O5. The van der Waals surface area contributed by atoms with Gasteiger partial charge >= 0.3 is 5.69 Å². The largest absolute Gasteiger partial charge is 0.394 e. The summed E-state index contributed by atoms with van der Waals surface area (Å²) in [7, 11) is 0. The van der Waals surface area contributed by atoms with Gasteiger partial charge in [-0.2, -0.15) is 0 Å². The zero-order valence-electron chi connectivity index (χ0n) is 20.3. The minimum absolute atomic E-state index is 0.0903. The summed E-state index contributed by atoms with van der Waals surface area (Å²) < 4.78 is 18.7. The van der Waals surface area contributed by atoms with E-state index in [1.807, 2.05) is 0 Å². The molecule has 1 atom stereocenters. The number of fused-ring (bicyclic) bond motifs is 1. The van der Waals surface area contributed by atoms with Crippen molar-refractivity contribution in [3.63, 3.8) is 0 Å². The van der Waals surface area contributed by atoms with Gasteiger partial charge in [0, 0.05) is 19.0 Å². The SMILES string of the molecule is CCCCCCCC/C(F)=C\[C@H](CO)NC(=O)CCCCCNc1ccc([N+](=O)[O-])c2nonc12. The van der Waals surface area contributed by atoms with Gasteiger partial charge in [0.05, 0.1) is 29.1 Å². The number of non-ortho nitro benzene ring substituents is 1. The Morgan fingerprint density at radius 3 is 2.54 bits per heavy atom. The lowest BCUT2D eigenvalue weighted by Crippen LogP contribution is -2.36. The molecule has 0 saturated heterocycles. The van der Waals surface area contributed by atoms with Crippen molar-refractivity contribution >= 4 is 28.3 Å². The normalized spacial score (nSPS) is 12.6. The number of nitrogens with one attached hydrogen (secondary N) is 2. The third kappa shape index (κ3) is 9.97. The van der Waals surface area contributed by atoms with Crippen LogP contribution in [0.2, 0.25) is 0 Å². The number of nitrogens with zero attached hydrogens (tertiary/aromatic N) is 3. The number of unbranched alkanes of at least 4 members (excludes halogenated alkanes) is 7. The van der Waals surface area contributed by atoms with Gasteiger partial charge in [-0.1, -0.05) is 45.4 Å². The van der Waals surface area contributed by atoms with Gasteiger partial charge in [0.15, 0.2) is 5.52 Å². The van der Waals surface area contributed by atoms with Gasteiger partial charge in [0.1, 0.15) is 0 Å². The number of allylic oxidation sites excluding steroid dienone is 1. The monoisotopic (exact) mass is 493 g/mol. The van der Waals surface area contributed by atoms with Gasteiger partial charge in [-0.25, -0.2) is 9.02 Å². The fourth-order valence-electron chi connectivity index (χ4n) is 3.75. The van der Waals surface area contributed by atoms with Crippen molar-refractivity contribution < 1.29 is 23.8 Å². The molecule has 2 rings (SSSR count). The standard InChI is InChI=1S/C24H36FN5O5/c1-2-3-4-5-6-8-11-18(25)16-19(17-31)27-22(32)12-9-7-10-15-26-20-13-14-21(30(33)34)24-23(20)28-35-29-24/h13-14,16,19,26,31H,2-12,15,17H2,1H3,(H,27,32)/b18-16+/t19-/m1/s1. The maximum atomic E-state index is 14.1. The van der Waals surface area contributed by atoms with Gasteiger partial charge in [-0.15, -0.1) is 0 Å². The summed E-state index contributed by atoms with van der Waals surface area (Å²) in [5.74, 6) is -0.528. The Morgan fingerprint density at radius 1 is 1.11 bits per heavy atom. The summed E-state index contributed by atoms with van der Waals surface area (Å²) in [6, 6.07) is 2.19. The number of nitro groups is 1. The van der Waals surface area contributed by atoms with Crippen molar-refractivity contribution in [1.29, 1.82) is 0 Å². The Bertz CT molecular complexity index is 965. The Hall–Kier alpha value is -3.08. The molecule has 0 bridgehead atoms. The smallest absolute Gasteiger partial charge is 0.300 e. The predicted molar refractivity (Wildman–Crippen MR) is 132 cm³/mol.